The van der Waals surface area contributed by atoms with Crippen LogP contribution >= 0.6 is 0 Å². The smallest absolute Gasteiger partial charge is 0.407 e. The van der Waals surface area contributed by atoms with Gasteiger partial charge in [-0.1, -0.05) is 12.1 Å². The van der Waals surface area contributed by atoms with Crippen LogP contribution in [0.15, 0.2) is 36.7 Å². The van der Waals surface area contributed by atoms with E-state index >= 15 is 0 Å². The Bertz CT molecular complexity index is 959. The van der Waals surface area contributed by atoms with Crippen molar-refractivity contribution in [3.05, 3.63) is 47.8 Å². The molecule has 150 valence electrons. The molecule has 1 saturated heterocycles. The van der Waals surface area contributed by atoms with E-state index in [1.165, 1.54) is 6.20 Å². The molecule has 1 fully saturated rings. The molecule has 2 aromatic rings. The van der Waals surface area contributed by atoms with E-state index in [1.807, 2.05) is 32.9 Å². The summed E-state index contributed by atoms with van der Waals surface area (Å²) in [5.41, 5.74) is 2.82. The van der Waals surface area contributed by atoms with Gasteiger partial charge in [0, 0.05) is 31.0 Å². The van der Waals surface area contributed by atoms with E-state index in [9.17, 15) is 14.9 Å². The van der Waals surface area contributed by atoms with Crippen LogP contribution in [0.5, 0.6) is 0 Å². The number of hydrogen-bond acceptors (Lipinski definition) is 6. The molecule has 1 aliphatic heterocycles. The maximum absolute atomic E-state index is 12.1. The van der Waals surface area contributed by atoms with Crippen molar-refractivity contribution in [3.63, 3.8) is 0 Å². The highest BCUT2D eigenvalue weighted by molar-refractivity contribution is 5.92. The van der Waals surface area contributed by atoms with Crippen molar-refractivity contribution >= 4 is 18.1 Å². The number of hydrogen-bond donors (Lipinski definition) is 1. The molecule has 0 spiro atoms. The molecule has 1 atom stereocenters. The predicted octanol–water partition coefficient (Wildman–Crippen LogP) is 3.54. The Morgan fingerprint density at radius 1 is 1.38 bits per heavy atom. The van der Waals surface area contributed by atoms with Gasteiger partial charge >= 0.3 is 6.09 Å². The zero-order valence-electron chi connectivity index (χ0n) is 16.8. The normalized spacial score (nSPS) is 16.2. The summed E-state index contributed by atoms with van der Waals surface area (Å²) < 4.78 is 5.34. The minimum Gasteiger partial charge on any atom is -0.444 e. The summed E-state index contributed by atoms with van der Waals surface area (Å²) in [4.78, 5) is 30.1. The van der Waals surface area contributed by atoms with Crippen LogP contribution in [0.4, 0.5) is 10.5 Å². The van der Waals surface area contributed by atoms with Gasteiger partial charge in [0.2, 0.25) is 0 Å². The lowest BCUT2D eigenvalue weighted by Gasteiger charge is -2.24. The average Bonchev–Trinajstić information content (AvgIpc) is 3.13. The largest absolute Gasteiger partial charge is 0.444 e. The predicted molar refractivity (Wildman–Crippen MR) is 110 cm³/mol. The third-order valence-corrected chi connectivity index (χ3v) is 4.60. The molecule has 0 radical (unpaired) electrons. The van der Waals surface area contributed by atoms with Crippen molar-refractivity contribution in [1.29, 1.82) is 5.26 Å². The summed E-state index contributed by atoms with van der Waals surface area (Å²) in [6, 6.07) is 9.26. The topological polar surface area (TPSA) is 95.3 Å². The van der Waals surface area contributed by atoms with Gasteiger partial charge in [-0.15, -0.1) is 0 Å². The number of nitriles is 1. The van der Waals surface area contributed by atoms with Crippen LogP contribution < -0.4 is 10.2 Å². The number of nitrogens with zero attached hydrogens (tertiary/aromatic N) is 3. The molecule has 7 nitrogen and oxygen atoms in total. The van der Waals surface area contributed by atoms with Crippen molar-refractivity contribution in [2.45, 2.75) is 38.8 Å². The number of alkyl carbamates (subject to hydrolysis) is 1. The third kappa shape index (κ3) is 4.91. The lowest BCUT2D eigenvalue weighted by atomic mass is 10.0. The van der Waals surface area contributed by atoms with Crippen LogP contribution in [0.3, 0.4) is 0 Å². The molecular formula is C22H24N4O3. The Morgan fingerprint density at radius 2 is 2.17 bits per heavy atom. The number of anilines is 1. The summed E-state index contributed by atoms with van der Waals surface area (Å²) in [5, 5.41) is 12.1. The lowest BCUT2D eigenvalue weighted by molar-refractivity contribution is 0.0509. The number of nitrogens with one attached hydrogen (secondary N) is 1. The Morgan fingerprint density at radius 3 is 2.86 bits per heavy atom. The van der Waals surface area contributed by atoms with E-state index in [4.69, 9.17) is 4.74 Å². The van der Waals surface area contributed by atoms with Crippen LogP contribution in [0.1, 0.15) is 43.1 Å². The zero-order chi connectivity index (χ0) is 21.0. The van der Waals surface area contributed by atoms with E-state index in [0.717, 1.165) is 29.5 Å². The minimum absolute atomic E-state index is 0.0872. The molecule has 0 bridgehead atoms. The second-order valence-electron chi connectivity index (χ2n) is 8.01. The van der Waals surface area contributed by atoms with Crippen molar-refractivity contribution in [2.24, 2.45) is 0 Å². The number of amides is 1. The third-order valence-electron chi connectivity index (χ3n) is 4.60. The summed E-state index contributed by atoms with van der Waals surface area (Å²) in [5.74, 6) is 0. The maximum atomic E-state index is 12.1. The summed E-state index contributed by atoms with van der Waals surface area (Å²) in [6.07, 6.45) is 4.31. The Kier molecular flexibility index (Phi) is 5.83. The van der Waals surface area contributed by atoms with Crippen LogP contribution in [-0.4, -0.2) is 42.1 Å². The molecule has 2 heterocycles. The molecule has 1 aliphatic rings. The van der Waals surface area contributed by atoms with E-state index in [-0.39, 0.29) is 6.04 Å². The van der Waals surface area contributed by atoms with Crippen molar-refractivity contribution in [3.8, 4) is 17.2 Å². The molecule has 1 N–H and O–H groups in total. The monoisotopic (exact) mass is 392 g/mol. The molecule has 0 aliphatic carbocycles. The summed E-state index contributed by atoms with van der Waals surface area (Å²) in [7, 11) is 0. The van der Waals surface area contributed by atoms with Crippen LogP contribution in [0, 0.1) is 11.3 Å². The first kappa shape index (κ1) is 20.3. The van der Waals surface area contributed by atoms with Gasteiger partial charge in [-0.25, -0.2) is 4.79 Å². The van der Waals surface area contributed by atoms with E-state index in [2.05, 4.69) is 21.3 Å². The fourth-order valence-electron chi connectivity index (χ4n) is 3.43. The van der Waals surface area contributed by atoms with Crippen LogP contribution in [0.2, 0.25) is 0 Å². The lowest BCUT2D eigenvalue weighted by Crippen LogP contribution is -2.40. The molecule has 29 heavy (non-hydrogen) atoms. The summed E-state index contributed by atoms with van der Waals surface area (Å²) in [6.45, 7) is 6.69. The highest BCUT2D eigenvalue weighted by Gasteiger charge is 2.29. The van der Waals surface area contributed by atoms with Crippen LogP contribution in [0.25, 0.3) is 11.1 Å². The van der Waals surface area contributed by atoms with Gasteiger partial charge in [0.25, 0.3) is 0 Å². The SMILES string of the molecule is CC(C)(C)OC(=O)NC1CCN(c2c(C=O)cncc2-c2cccc(C#N)c2)C1. The molecule has 0 saturated carbocycles. The average molecular weight is 392 g/mol. The number of rotatable bonds is 4. The number of aldehydes is 1. The Labute approximate surface area is 170 Å². The molecule has 1 aromatic carbocycles. The molecule has 7 heteroatoms. The number of carbonyl (C=O) groups is 2. The van der Waals surface area contributed by atoms with Crippen molar-refractivity contribution < 1.29 is 14.3 Å². The first-order valence-electron chi connectivity index (χ1n) is 9.49. The van der Waals surface area contributed by atoms with E-state index in [1.54, 1.807) is 18.3 Å². The number of ether oxygens (including phenoxy) is 1. The molecule has 1 aromatic heterocycles. The standard InChI is InChI=1S/C22H24N4O3/c1-22(2,3)29-21(28)25-18-7-8-26(13-18)20-17(14-27)11-24-12-19(20)16-6-4-5-15(9-16)10-23/h4-6,9,11-12,14,18H,7-8,13H2,1-3H3,(H,25,28). The molecular weight excluding hydrogens is 368 g/mol. The van der Waals surface area contributed by atoms with E-state index < -0.39 is 11.7 Å². The first-order chi connectivity index (χ1) is 13.8. The van der Waals surface area contributed by atoms with Gasteiger partial charge in [-0.05, 0) is 44.9 Å². The highest BCUT2D eigenvalue weighted by atomic mass is 16.6. The van der Waals surface area contributed by atoms with Gasteiger partial charge < -0.3 is 15.0 Å². The number of pyridine rings is 1. The second kappa shape index (κ2) is 8.31. The van der Waals surface area contributed by atoms with Gasteiger partial charge in [0.15, 0.2) is 6.29 Å². The van der Waals surface area contributed by atoms with Gasteiger partial charge in [0.1, 0.15) is 5.60 Å². The zero-order valence-corrected chi connectivity index (χ0v) is 16.8. The highest BCUT2D eigenvalue weighted by Crippen LogP contribution is 2.35. The molecule has 1 unspecified atom stereocenters. The van der Waals surface area contributed by atoms with Crippen molar-refractivity contribution in [1.82, 2.24) is 10.3 Å². The fraction of sp³-hybridized carbons (Fsp3) is 0.364. The van der Waals surface area contributed by atoms with Gasteiger partial charge in [-0.3, -0.25) is 9.78 Å². The molecule has 3 rings (SSSR count). The van der Waals surface area contributed by atoms with E-state index in [0.29, 0.717) is 24.2 Å². The number of benzene rings is 1. The number of carbonyl (C=O) groups excluding carboxylic acids is 2. The number of aromatic nitrogens is 1. The first-order valence-corrected chi connectivity index (χ1v) is 9.49. The summed E-state index contributed by atoms with van der Waals surface area (Å²) >= 11 is 0. The maximum Gasteiger partial charge on any atom is 0.407 e. The Hall–Kier alpha value is -3.40. The fourth-order valence-corrected chi connectivity index (χ4v) is 3.43. The van der Waals surface area contributed by atoms with Gasteiger partial charge in [0.05, 0.1) is 28.9 Å². The second-order valence-corrected chi connectivity index (χ2v) is 8.01. The quantitative estimate of drug-likeness (QED) is 0.800. The van der Waals surface area contributed by atoms with Crippen LogP contribution in [-0.2, 0) is 4.74 Å². The van der Waals surface area contributed by atoms with Gasteiger partial charge in [-0.2, -0.15) is 5.26 Å². The minimum atomic E-state index is -0.558. The Balaban J connectivity index is 1.86. The molecule has 1 amide bonds. The van der Waals surface area contributed by atoms with Crippen molar-refractivity contribution in [2.75, 3.05) is 18.0 Å².